The van der Waals surface area contributed by atoms with Crippen LogP contribution in [0.2, 0.25) is 0 Å². The van der Waals surface area contributed by atoms with Crippen molar-refractivity contribution in [3.8, 4) is 11.6 Å². The zero-order valence-corrected chi connectivity index (χ0v) is 23.5. The number of carbonyl (C=O) groups excluding carboxylic acids is 1. The molecule has 2 aromatic heterocycles. The summed E-state index contributed by atoms with van der Waals surface area (Å²) in [5, 5.41) is 6.57. The van der Waals surface area contributed by atoms with E-state index in [1.807, 2.05) is 43.0 Å². The number of anilines is 2. The van der Waals surface area contributed by atoms with Gasteiger partial charge in [-0.25, -0.2) is 9.97 Å². The number of piperazine rings is 1. The predicted molar refractivity (Wildman–Crippen MR) is 147 cm³/mol. The van der Waals surface area contributed by atoms with Crippen LogP contribution < -0.4 is 10.6 Å². The minimum Gasteiger partial charge on any atom is -0.411 e. The number of nitrogens with zero attached hydrogens (tertiary/aromatic N) is 7. The molecule has 0 bridgehead atoms. The average Bonchev–Trinajstić information content (AvgIpc) is 3.48. The van der Waals surface area contributed by atoms with Gasteiger partial charge in [-0.15, -0.1) is 10.2 Å². The molecule has 2 aliphatic heterocycles. The molecule has 1 atom stereocenters. The molecule has 2 saturated heterocycles. The Bertz CT molecular complexity index is 1370. The van der Waals surface area contributed by atoms with E-state index in [0.717, 1.165) is 56.6 Å². The Morgan fingerprint density at radius 2 is 1.76 bits per heavy atom. The number of aromatic nitrogens is 4. The first-order chi connectivity index (χ1) is 19.6. The zero-order chi connectivity index (χ0) is 29.3. The molecule has 1 aromatic carbocycles. The van der Waals surface area contributed by atoms with Crippen LogP contribution in [-0.2, 0) is 12.6 Å². The van der Waals surface area contributed by atoms with Gasteiger partial charge in [0.1, 0.15) is 0 Å². The van der Waals surface area contributed by atoms with Gasteiger partial charge in [-0.05, 0) is 44.7 Å². The van der Waals surface area contributed by atoms with Crippen LogP contribution in [0.25, 0.3) is 11.6 Å². The van der Waals surface area contributed by atoms with Gasteiger partial charge in [-0.1, -0.05) is 31.5 Å². The minimum atomic E-state index is -4.76. The highest BCUT2D eigenvalue weighted by Crippen LogP contribution is 2.33. The fourth-order valence-corrected chi connectivity index (χ4v) is 5.74. The summed E-state index contributed by atoms with van der Waals surface area (Å²) >= 11 is 0. The number of nitrogens with two attached hydrogens (primary N) is 1. The number of hydrogen-bond acceptors (Lipinski definition) is 9. The van der Waals surface area contributed by atoms with Gasteiger partial charge in [0, 0.05) is 50.4 Å². The van der Waals surface area contributed by atoms with Gasteiger partial charge in [-0.3, -0.25) is 9.69 Å². The third-order valence-corrected chi connectivity index (χ3v) is 8.00. The predicted octanol–water partition coefficient (Wildman–Crippen LogP) is 4.20. The SMILES string of the molecule is CCc1nc(-c2nnc(C(F)(F)F)o2)c(N)nc1N1CCN(C2CCN(C(=O)c3ccc(C)cc3)CC2)[C@@H](CC)C1. The van der Waals surface area contributed by atoms with Crippen LogP contribution in [0.5, 0.6) is 0 Å². The molecule has 0 saturated carbocycles. The van der Waals surface area contributed by atoms with Crippen LogP contribution in [0.4, 0.5) is 24.8 Å². The zero-order valence-electron chi connectivity index (χ0n) is 23.5. The van der Waals surface area contributed by atoms with Crippen molar-refractivity contribution in [3.05, 3.63) is 47.0 Å². The van der Waals surface area contributed by atoms with Crippen molar-refractivity contribution >= 4 is 17.5 Å². The van der Waals surface area contributed by atoms with Gasteiger partial charge in [0.25, 0.3) is 11.8 Å². The molecule has 3 aromatic rings. The van der Waals surface area contributed by atoms with E-state index in [1.165, 1.54) is 0 Å². The Hall–Kier alpha value is -3.74. The quantitative estimate of drug-likeness (QED) is 0.464. The lowest BCUT2D eigenvalue weighted by Crippen LogP contribution is -2.59. The number of nitrogen functional groups attached to an aromatic ring is 1. The monoisotopic (exact) mass is 572 g/mol. The molecule has 1 amide bonds. The number of aryl methyl sites for hydroxylation is 2. The molecule has 13 heteroatoms. The lowest BCUT2D eigenvalue weighted by molar-refractivity contribution is -0.156. The maximum atomic E-state index is 13.0. The van der Waals surface area contributed by atoms with E-state index in [0.29, 0.717) is 30.5 Å². The Morgan fingerprint density at radius 3 is 2.37 bits per heavy atom. The van der Waals surface area contributed by atoms with E-state index in [2.05, 4.69) is 36.9 Å². The third kappa shape index (κ3) is 5.99. The summed E-state index contributed by atoms with van der Waals surface area (Å²) in [6.45, 7) is 9.77. The highest BCUT2D eigenvalue weighted by Gasteiger charge is 2.39. The maximum Gasteiger partial charge on any atom is 0.470 e. The number of halogens is 3. The van der Waals surface area contributed by atoms with Gasteiger partial charge in [0.05, 0.1) is 5.69 Å². The van der Waals surface area contributed by atoms with Gasteiger partial charge in [-0.2, -0.15) is 13.2 Å². The van der Waals surface area contributed by atoms with E-state index in [9.17, 15) is 18.0 Å². The molecule has 0 unspecified atom stereocenters. The van der Waals surface area contributed by atoms with E-state index in [-0.39, 0.29) is 23.5 Å². The normalized spacial score (nSPS) is 19.1. The summed E-state index contributed by atoms with van der Waals surface area (Å²) < 4.78 is 43.6. The van der Waals surface area contributed by atoms with Crippen LogP contribution in [0.1, 0.15) is 60.6 Å². The van der Waals surface area contributed by atoms with E-state index < -0.39 is 18.0 Å². The van der Waals surface area contributed by atoms with Crippen molar-refractivity contribution in [3.63, 3.8) is 0 Å². The first-order valence-electron chi connectivity index (χ1n) is 14.0. The minimum absolute atomic E-state index is 0.0498. The first-order valence-corrected chi connectivity index (χ1v) is 14.0. The Balaban J connectivity index is 1.26. The summed E-state index contributed by atoms with van der Waals surface area (Å²) in [6.07, 6.45) is -1.49. The smallest absolute Gasteiger partial charge is 0.411 e. The fourth-order valence-electron chi connectivity index (χ4n) is 5.74. The van der Waals surface area contributed by atoms with E-state index in [4.69, 9.17) is 10.2 Å². The molecule has 0 spiro atoms. The van der Waals surface area contributed by atoms with Crippen LogP contribution in [0.15, 0.2) is 28.7 Å². The average molecular weight is 573 g/mol. The standard InChI is InChI=1S/C28H35F3N8O2/c1-4-19-16-38(24-21(5-2)33-22(23(32)34-24)25-35-36-27(41-25)28(29,30)31)14-15-39(19)20-10-12-37(13-11-20)26(40)18-8-6-17(3)7-9-18/h6-9,19-20H,4-5,10-16H2,1-3H3,(H2,32,34)/t19-/m0/s1. The summed E-state index contributed by atoms with van der Waals surface area (Å²) in [5.74, 6) is -1.21. The fraction of sp³-hybridized carbons (Fsp3) is 0.536. The number of alkyl halides is 3. The second-order valence-corrected chi connectivity index (χ2v) is 10.6. The largest absolute Gasteiger partial charge is 0.470 e. The number of carbonyl (C=O) groups is 1. The summed E-state index contributed by atoms with van der Waals surface area (Å²) in [4.78, 5) is 28.7. The molecular formula is C28H35F3N8O2. The molecule has 0 aliphatic carbocycles. The van der Waals surface area contributed by atoms with E-state index >= 15 is 0 Å². The number of hydrogen-bond donors (Lipinski definition) is 1. The lowest BCUT2D eigenvalue weighted by Gasteiger charge is -2.47. The Morgan fingerprint density at radius 1 is 1.05 bits per heavy atom. The molecule has 2 aliphatic rings. The molecule has 41 heavy (non-hydrogen) atoms. The molecule has 220 valence electrons. The molecule has 5 rings (SSSR count). The Labute approximate surface area is 236 Å². The number of benzene rings is 1. The first kappa shape index (κ1) is 28.8. The van der Waals surface area contributed by atoms with Crippen LogP contribution >= 0.6 is 0 Å². The van der Waals surface area contributed by atoms with Crippen molar-refractivity contribution in [2.24, 2.45) is 0 Å². The molecule has 0 radical (unpaired) electrons. The molecule has 2 N–H and O–H groups in total. The second-order valence-electron chi connectivity index (χ2n) is 10.6. The highest BCUT2D eigenvalue weighted by molar-refractivity contribution is 5.94. The van der Waals surface area contributed by atoms with Crippen LogP contribution in [-0.4, -0.2) is 80.7 Å². The number of piperidine rings is 1. The number of amides is 1. The summed E-state index contributed by atoms with van der Waals surface area (Å²) in [6, 6.07) is 8.37. The van der Waals surface area contributed by atoms with Crippen molar-refractivity contribution < 1.29 is 22.4 Å². The van der Waals surface area contributed by atoms with Crippen molar-refractivity contribution in [2.45, 2.75) is 64.7 Å². The second kappa shape index (κ2) is 11.6. The maximum absolute atomic E-state index is 13.0. The topological polar surface area (TPSA) is 118 Å². The number of rotatable bonds is 6. The van der Waals surface area contributed by atoms with E-state index in [1.54, 1.807) is 0 Å². The molecule has 2 fully saturated rings. The van der Waals surface area contributed by atoms with Crippen molar-refractivity contribution in [1.82, 2.24) is 30.0 Å². The van der Waals surface area contributed by atoms with Gasteiger partial charge >= 0.3 is 12.1 Å². The lowest BCUT2D eigenvalue weighted by atomic mass is 9.97. The van der Waals surface area contributed by atoms with Crippen molar-refractivity contribution in [1.29, 1.82) is 0 Å². The number of likely N-dealkylation sites (tertiary alicyclic amines) is 1. The van der Waals surface area contributed by atoms with Gasteiger partial charge in [0.2, 0.25) is 0 Å². The third-order valence-electron chi connectivity index (χ3n) is 8.00. The van der Waals surface area contributed by atoms with Crippen molar-refractivity contribution in [2.75, 3.05) is 43.4 Å². The van der Waals surface area contributed by atoms with Crippen LogP contribution in [0, 0.1) is 6.92 Å². The molecule has 4 heterocycles. The van der Waals surface area contributed by atoms with Crippen LogP contribution in [0.3, 0.4) is 0 Å². The highest BCUT2D eigenvalue weighted by atomic mass is 19.4. The molecular weight excluding hydrogens is 537 g/mol. The van der Waals surface area contributed by atoms with Gasteiger partial charge in [0.15, 0.2) is 17.3 Å². The van der Waals surface area contributed by atoms with Gasteiger partial charge < -0.3 is 20.0 Å². The summed E-state index contributed by atoms with van der Waals surface area (Å²) in [7, 11) is 0. The molecule has 10 nitrogen and oxygen atoms in total. The summed E-state index contributed by atoms with van der Waals surface area (Å²) in [5.41, 5.74) is 8.56. The Kier molecular flexibility index (Phi) is 8.16.